The fraction of sp³-hybridized carbons (Fsp3) is 0.500. The van der Waals surface area contributed by atoms with Crippen LogP contribution in [0.5, 0.6) is 0 Å². The van der Waals surface area contributed by atoms with Crippen molar-refractivity contribution in [3.05, 3.63) is 28.8 Å². The zero-order chi connectivity index (χ0) is 12.7. The summed E-state index contributed by atoms with van der Waals surface area (Å²) in [5.41, 5.74) is -0.192. The van der Waals surface area contributed by atoms with Gasteiger partial charge in [-0.05, 0) is 31.4 Å². The highest BCUT2D eigenvalue weighted by molar-refractivity contribution is 6.30. The SMILES string of the molecule is O=C(NC1CC2CNC1C2)c1ncc(Cl)cc1F. The number of fused-ring (bicyclic) bond motifs is 2. The van der Waals surface area contributed by atoms with E-state index in [1.807, 2.05) is 0 Å². The van der Waals surface area contributed by atoms with Gasteiger partial charge in [-0.15, -0.1) is 0 Å². The normalized spacial score (nSPS) is 29.6. The molecule has 0 aromatic carbocycles. The van der Waals surface area contributed by atoms with E-state index in [0.717, 1.165) is 25.5 Å². The fourth-order valence-electron chi connectivity index (χ4n) is 2.83. The standard InChI is InChI=1S/C12H13ClFN3O/c13-7-3-8(14)11(16-5-7)12(18)17-10-2-6-1-9(10)15-4-6/h3,5-6,9-10,15H,1-2,4H2,(H,17,18). The van der Waals surface area contributed by atoms with Crippen molar-refractivity contribution >= 4 is 17.5 Å². The van der Waals surface area contributed by atoms with Gasteiger partial charge in [0.1, 0.15) is 0 Å². The minimum atomic E-state index is -0.684. The first-order chi connectivity index (χ1) is 8.63. The summed E-state index contributed by atoms with van der Waals surface area (Å²) < 4.78 is 13.5. The summed E-state index contributed by atoms with van der Waals surface area (Å²) in [5, 5.41) is 6.36. The highest BCUT2D eigenvalue weighted by Crippen LogP contribution is 2.31. The first-order valence-corrected chi connectivity index (χ1v) is 6.36. The molecule has 96 valence electrons. The maximum absolute atomic E-state index is 13.5. The van der Waals surface area contributed by atoms with E-state index in [1.54, 1.807) is 0 Å². The van der Waals surface area contributed by atoms with Crippen molar-refractivity contribution in [3.63, 3.8) is 0 Å². The van der Waals surface area contributed by atoms with E-state index in [-0.39, 0.29) is 16.8 Å². The molecule has 6 heteroatoms. The summed E-state index contributed by atoms with van der Waals surface area (Å²) in [7, 11) is 0. The topological polar surface area (TPSA) is 54.0 Å². The molecule has 3 unspecified atom stereocenters. The third-order valence-corrected chi connectivity index (χ3v) is 3.88. The van der Waals surface area contributed by atoms with Crippen LogP contribution in [0, 0.1) is 11.7 Å². The number of rotatable bonds is 2. The van der Waals surface area contributed by atoms with Crippen molar-refractivity contribution in [1.82, 2.24) is 15.6 Å². The van der Waals surface area contributed by atoms with Crippen LogP contribution in [0.3, 0.4) is 0 Å². The molecule has 1 aliphatic carbocycles. The summed E-state index contributed by atoms with van der Waals surface area (Å²) in [6, 6.07) is 1.49. The Labute approximate surface area is 109 Å². The fourth-order valence-corrected chi connectivity index (χ4v) is 2.98. The molecule has 1 amide bonds. The number of halogens is 2. The Morgan fingerprint density at radius 3 is 3.00 bits per heavy atom. The zero-order valence-corrected chi connectivity index (χ0v) is 10.4. The molecule has 1 saturated heterocycles. The molecule has 2 aliphatic rings. The molecule has 3 rings (SSSR count). The highest BCUT2D eigenvalue weighted by atomic mass is 35.5. The number of aromatic nitrogens is 1. The number of pyridine rings is 1. The van der Waals surface area contributed by atoms with E-state index >= 15 is 0 Å². The Morgan fingerprint density at radius 1 is 1.56 bits per heavy atom. The number of nitrogens with zero attached hydrogens (tertiary/aromatic N) is 1. The Kier molecular flexibility index (Phi) is 2.95. The molecule has 0 spiro atoms. The van der Waals surface area contributed by atoms with Crippen LogP contribution in [0.25, 0.3) is 0 Å². The molecule has 2 bridgehead atoms. The van der Waals surface area contributed by atoms with Crippen molar-refractivity contribution in [2.45, 2.75) is 24.9 Å². The molecule has 18 heavy (non-hydrogen) atoms. The van der Waals surface area contributed by atoms with Gasteiger partial charge in [0.2, 0.25) is 0 Å². The summed E-state index contributed by atoms with van der Waals surface area (Å²) in [6.07, 6.45) is 3.32. The van der Waals surface area contributed by atoms with Crippen molar-refractivity contribution in [2.75, 3.05) is 6.54 Å². The Hall–Kier alpha value is -1.20. The first kappa shape index (κ1) is 11.9. The summed E-state index contributed by atoms with van der Waals surface area (Å²) >= 11 is 5.60. The van der Waals surface area contributed by atoms with Gasteiger partial charge in [-0.1, -0.05) is 11.6 Å². The first-order valence-electron chi connectivity index (χ1n) is 5.99. The molecular weight excluding hydrogens is 257 g/mol. The monoisotopic (exact) mass is 269 g/mol. The van der Waals surface area contributed by atoms with Gasteiger partial charge < -0.3 is 10.6 Å². The quantitative estimate of drug-likeness (QED) is 0.852. The average Bonchev–Trinajstić information content (AvgIpc) is 2.90. The number of hydrogen-bond acceptors (Lipinski definition) is 3. The van der Waals surface area contributed by atoms with Crippen LogP contribution in [0.15, 0.2) is 12.3 Å². The van der Waals surface area contributed by atoms with Crippen molar-refractivity contribution < 1.29 is 9.18 Å². The Balaban J connectivity index is 1.71. The summed E-state index contributed by atoms with van der Waals surface area (Å²) in [6.45, 7) is 1.02. The minimum Gasteiger partial charge on any atom is -0.346 e. The lowest BCUT2D eigenvalue weighted by molar-refractivity contribution is 0.0919. The van der Waals surface area contributed by atoms with Crippen molar-refractivity contribution in [3.8, 4) is 0 Å². The van der Waals surface area contributed by atoms with Gasteiger partial charge in [-0.3, -0.25) is 4.79 Å². The Morgan fingerprint density at radius 2 is 2.39 bits per heavy atom. The third kappa shape index (κ3) is 2.08. The predicted molar refractivity (Wildman–Crippen MR) is 65.0 cm³/mol. The number of amides is 1. The molecule has 4 nitrogen and oxygen atoms in total. The zero-order valence-electron chi connectivity index (χ0n) is 9.62. The second-order valence-corrected chi connectivity index (χ2v) is 5.35. The van der Waals surface area contributed by atoms with Gasteiger partial charge in [0.15, 0.2) is 11.5 Å². The van der Waals surface area contributed by atoms with Gasteiger partial charge in [0, 0.05) is 18.3 Å². The van der Waals surface area contributed by atoms with E-state index in [0.29, 0.717) is 12.0 Å². The van der Waals surface area contributed by atoms with Crippen LogP contribution in [-0.2, 0) is 0 Å². The van der Waals surface area contributed by atoms with Gasteiger partial charge in [-0.2, -0.15) is 0 Å². The number of carbonyl (C=O) groups excluding carboxylic acids is 1. The molecule has 2 N–H and O–H groups in total. The summed E-state index contributed by atoms with van der Waals surface area (Å²) in [4.78, 5) is 15.7. The second kappa shape index (κ2) is 4.48. The molecule has 2 fully saturated rings. The van der Waals surface area contributed by atoms with E-state index in [1.165, 1.54) is 6.20 Å². The molecule has 1 saturated carbocycles. The van der Waals surface area contributed by atoms with E-state index in [9.17, 15) is 9.18 Å². The van der Waals surface area contributed by atoms with Gasteiger partial charge in [0.05, 0.1) is 5.02 Å². The smallest absolute Gasteiger partial charge is 0.273 e. The van der Waals surface area contributed by atoms with E-state index in [4.69, 9.17) is 11.6 Å². The maximum atomic E-state index is 13.5. The van der Waals surface area contributed by atoms with Crippen LogP contribution < -0.4 is 10.6 Å². The summed E-state index contributed by atoms with van der Waals surface area (Å²) in [5.74, 6) is -0.525. The molecule has 1 aliphatic heterocycles. The molecule has 0 radical (unpaired) electrons. The van der Waals surface area contributed by atoms with Crippen molar-refractivity contribution in [2.24, 2.45) is 5.92 Å². The van der Waals surface area contributed by atoms with Crippen LogP contribution in [-0.4, -0.2) is 29.5 Å². The lowest BCUT2D eigenvalue weighted by Crippen LogP contribution is -2.48. The number of carbonyl (C=O) groups is 1. The number of nitrogens with one attached hydrogen (secondary N) is 2. The lowest BCUT2D eigenvalue weighted by atomic mass is 10.1. The number of hydrogen-bond donors (Lipinski definition) is 2. The largest absolute Gasteiger partial charge is 0.346 e. The van der Waals surface area contributed by atoms with Gasteiger partial charge in [0.25, 0.3) is 5.91 Å². The molecule has 2 heterocycles. The van der Waals surface area contributed by atoms with Gasteiger partial charge in [-0.25, -0.2) is 9.37 Å². The molecule has 1 aromatic heterocycles. The highest BCUT2D eigenvalue weighted by Gasteiger charge is 2.40. The van der Waals surface area contributed by atoms with Crippen molar-refractivity contribution in [1.29, 1.82) is 0 Å². The molecule has 3 atom stereocenters. The minimum absolute atomic E-state index is 0.0770. The molecular formula is C12H13ClFN3O. The van der Waals surface area contributed by atoms with Crippen LogP contribution in [0.4, 0.5) is 4.39 Å². The van der Waals surface area contributed by atoms with E-state index in [2.05, 4.69) is 15.6 Å². The van der Waals surface area contributed by atoms with Crippen LogP contribution in [0.1, 0.15) is 23.3 Å². The number of piperidine rings is 1. The second-order valence-electron chi connectivity index (χ2n) is 4.92. The maximum Gasteiger partial charge on any atom is 0.273 e. The predicted octanol–water partition coefficient (Wildman–Crippen LogP) is 1.35. The van der Waals surface area contributed by atoms with E-state index < -0.39 is 11.7 Å². The van der Waals surface area contributed by atoms with Crippen LogP contribution in [0.2, 0.25) is 5.02 Å². The van der Waals surface area contributed by atoms with Crippen LogP contribution >= 0.6 is 11.6 Å². The average molecular weight is 270 g/mol. The lowest BCUT2D eigenvalue weighted by Gasteiger charge is -2.23. The molecule has 1 aromatic rings. The Bertz CT molecular complexity index is 496. The van der Waals surface area contributed by atoms with Gasteiger partial charge >= 0.3 is 0 Å². The third-order valence-electron chi connectivity index (χ3n) is 3.67.